The second kappa shape index (κ2) is 61.2. The molecule has 0 spiro atoms. The molecule has 16 heteroatoms. The Morgan fingerprint density at radius 2 is 0.317 bits per heavy atom. The third-order valence-electron chi connectivity index (χ3n) is 18.7. The molecule has 8 aromatic carbocycles. The van der Waals surface area contributed by atoms with Gasteiger partial charge in [-0.15, -0.1) is 49.4 Å². The summed E-state index contributed by atoms with van der Waals surface area (Å²) in [7, 11) is 0. The van der Waals surface area contributed by atoms with Gasteiger partial charge in [0.25, 0.3) is 0 Å². The molecule has 4 saturated heterocycles. The van der Waals surface area contributed by atoms with Gasteiger partial charge in [0.1, 0.15) is 0 Å². The van der Waals surface area contributed by atoms with Crippen molar-refractivity contribution in [3.8, 4) is 23.0 Å². The smallest absolute Gasteiger partial charge is 0.872 e. The average Bonchev–Trinajstić information content (AvgIpc) is 0.877. The molecule has 0 aliphatic carbocycles. The maximum Gasteiger partial charge on any atom is 2.00 e. The predicted octanol–water partition coefficient (Wildman–Crippen LogP) is 18.5. The molecule has 0 unspecified atom stereocenters. The first-order chi connectivity index (χ1) is 53.9. The molecule has 12 rings (SSSR count). The molecule has 0 atom stereocenters. The fraction of sp³-hybridized carbons (Fsp3) is 0.538. The Hall–Kier alpha value is -4.30. The van der Waals surface area contributed by atoms with Gasteiger partial charge in [-0.25, -0.2) is 0 Å². The van der Waals surface area contributed by atoms with E-state index in [0.29, 0.717) is 0 Å². The molecule has 4 fully saturated rings. The zero-order chi connectivity index (χ0) is 88.3. The number of hydrogen-bond acceptors (Lipinski definition) is 12. The maximum atomic E-state index is 12.4. The molecular formula is C104H152Mg4O12. The monoisotopic (exact) mass is 1690 g/mol. The van der Waals surface area contributed by atoms with Crippen LogP contribution in [0.4, 0.5) is 0 Å². The van der Waals surface area contributed by atoms with Crippen molar-refractivity contribution >= 4 is 92.2 Å². The zero-order valence-corrected chi connectivity index (χ0v) is 85.7. The van der Waals surface area contributed by atoms with Gasteiger partial charge in [-0.05, 0) is 167 Å². The molecule has 0 bridgehead atoms. The van der Waals surface area contributed by atoms with E-state index in [2.05, 4.69) is 194 Å². The van der Waals surface area contributed by atoms with E-state index >= 15 is 0 Å². The third kappa shape index (κ3) is 51.4. The standard InChI is InChI=1S/4C15H24O.4C7H7O.4C4H8O.4Mg/c4*1-10-8-11(14(2,3)4)13(16)12(9-10)15(5,6)7;4*8-6-7-4-2-1-3-5-7;4*1-2-4-5-3-1;;;;/h4*8-9,16H,1-7H3;4*1-5H,6H2;4*1-4H2;;;;/q;;;;4*-1;;;;;4*+2/p-4. The van der Waals surface area contributed by atoms with Crippen molar-refractivity contribution in [2.75, 3.05) is 52.9 Å². The van der Waals surface area contributed by atoms with Crippen LogP contribution in [-0.4, -0.2) is 145 Å². The molecule has 4 aliphatic rings. The van der Waals surface area contributed by atoms with E-state index in [4.69, 9.17) is 18.9 Å². The van der Waals surface area contributed by atoms with Crippen LogP contribution in [-0.2, 0) is 88.7 Å². The van der Waals surface area contributed by atoms with Gasteiger partial charge in [-0.3, -0.25) is 0 Å². The van der Waals surface area contributed by atoms with E-state index in [1.54, 1.807) is 0 Å². The van der Waals surface area contributed by atoms with E-state index in [1.807, 2.05) is 170 Å². The summed E-state index contributed by atoms with van der Waals surface area (Å²) in [5, 5.41) is 90.2. The minimum Gasteiger partial charge on any atom is -0.872 e. The summed E-state index contributed by atoms with van der Waals surface area (Å²) < 4.78 is 19.8. The minimum atomic E-state index is -0.110. The summed E-state index contributed by atoms with van der Waals surface area (Å²) in [5.41, 5.74) is 14.9. The van der Waals surface area contributed by atoms with Crippen molar-refractivity contribution in [1.29, 1.82) is 0 Å². The summed E-state index contributed by atoms with van der Waals surface area (Å²) in [5.74, 6) is 0.854. The summed E-state index contributed by atoms with van der Waals surface area (Å²) in [6.45, 7) is 66.0. The molecule has 120 heavy (non-hydrogen) atoms. The Labute approximate surface area is 794 Å². The molecule has 0 N–H and O–H groups in total. The largest absolute Gasteiger partial charge is 2.00 e. The Balaban J connectivity index is -0.000000624. The molecule has 8 aromatic rings. The van der Waals surface area contributed by atoms with Crippen molar-refractivity contribution in [2.24, 2.45) is 0 Å². The molecule has 0 radical (unpaired) electrons. The van der Waals surface area contributed by atoms with Crippen LogP contribution in [0.1, 0.15) is 307 Å². The zero-order valence-electron chi connectivity index (χ0n) is 80.0. The van der Waals surface area contributed by atoms with Crippen LogP contribution in [0.15, 0.2) is 170 Å². The molecular weight excluding hydrogens is 1540 g/mol. The number of ether oxygens (including phenoxy) is 4. The number of hydrogen-bond donors (Lipinski definition) is 0. The van der Waals surface area contributed by atoms with Crippen molar-refractivity contribution in [2.45, 2.75) is 315 Å². The van der Waals surface area contributed by atoms with E-state index in [9.17, 15) is 40.9 Å². The van der Waals surface area contributed by atoms with E-state index < -0.39 is 0 Å². The molecule has 648 valence electrons. The van der Waals surface area contributed by atoms with Crippen LogP contribution in [0.25, 0.3) is 0 Å². The van der Waals surface area contributed by atoms with Gasteiger partial charge in [0, 0.05) is 52.9 Å². The number of aryl methyl sites for hydroxylation is 4. The van der Waals surface area contributed by atoms with Gasteiger partial charge in [-0.2, -0.15) is 0 Å². The van der Waals surface area contributed by atoms with Crippen LogP contribution in [0.3, 0.4) is 0 Å². The van der Waals surface area contributed by atoms with Crippen LogP contribution in [0.2, 0.25) is 0 Å². The Morgan fingerprint density at radius 1 is 0.208 bits per heavy atom. The maximum absolute atomic E-state index is 12.4. The Morgan fingerprint density at radius 3 is 0.383 bits per heavy atom. The van der Waals surface area contributed by atoms with Gasteiger partial charge in [0.05, 0.1) is 0 Å². The quantitative estimate of drug-likeness (QED) is 0.150. The van der Waals surface area contributed by atoms with Crippen LogP contribution < -0.4 is 40.9 Å². The second-order valence-electron chi connectivity index (χ2n) is 38.6. The molecule has 0 saturated carbocycles. The normalized spacial score (nSPS) is 13.3. The van der Waals surface area contributed by atoms with Gasteiger partial charge < -0.3 is 59.8 Å². The van der Waals surface area contributed by atoms with Crippen molar-refractivity contribution in [1.82, 2.24) is 0 Å². The Bertz CT molecular complexity index is 3240. The van der Waals surface area contributed by atoms with Crippen molar-refractivity contribution in [3.63, 3.8) is 0 Å². The van der Waals surface area contributed by atoms with E-state index in [1.165, 1.54) is 73.6 Å². The van der Waals surface area contributed by atoms with E-state index in [-0.39, 0.29) is 185 Å². The van der Waals surface area contributed by atoms with Crippen LogP contribution in [0, 0.1) is 27.7 Å². The van der Waals surface area contributed by atoms with Gasteiger partial charge in [-0.1, -0.05) is 381 Å². The SMILES string of the molecule is C1CCOC1.C1CCOC1.C1CCOC1.C1CCOC1.Cc1cc(C(C)(C)C)c([O-])c(C(C)(C)C)c1.Cc1cc(C(C)(C)C)c([O-])c(C(C)(C)C)c1.Cc1cc(C(C)(C)C)c([O-])c(C(C)(C)C)c1.Cc1cc(C(C)(C)C)c([O-])c(C(C)(C)C)c1.[Mg+2].[Mg+2].[Mg+2].[Mg+2].[O-]Cc1ccccc1.[O-]Cc1ccccc1.[O-]Cc1ccccc1.[O-]Cc1ccccc1. The predicted molar refractivity (Wildman–Crippen MR) is 496 cm³/mol. The summed E-state index contributed by atoms with van der Waals surface area (Å²) in [6, 6.07) is 53.4. The second-order valence-corrected chi connectivity index (χ2v) is 38.6. The van der Waals surface area contributed by atoms with Crippen molar-refractivity contribution in [3.05, 3.63) is 259 Å². The molecule has 4 aliphatic heterocycles. The molecule has 4 heterocycles. The van der Waals surface area contributed by atoms with Crippen LogP contribution >= 0.6 is 0 Å². The topological polar surface area (TPSA) is 221 Å². The number of rotatable bonds is 4. The molecule has 0 aromatic heterocycles. The van der Waals surface area contributed by atoms with Crippen LogP contribution in [0.5, 0.6) is 23.0 Å². The van der Waals surface area contributed by atoms with E-state index in [0.717, 1.165) is 120 Å². The fourth-order valence-electron chi connectivity index (χ4n) is 11.9. The van der Waals surface area contributed by atoms with Gasteiger partial charge in [0.15, 0.2) is 0 Å². The minimum absolute atomic E-state index is 0. The first kappa shape index (κ1) is 122. The molecule has 0 amide bonds. The summed E-state index contributed by atoms with van der Waals surface area (Å²) in [6.07, 6.45) is 10.2. The van der Waals surface area contributed by atoms with Gasteiger partial charge in [0.2, 0.25) is 0 Å². The van der Waals surface area contributed by atoms with Gasteiger partial charge >= 0.3 is 92.2 Å². The fourth-order valence-corrected chi connectivity index (χ4v) is 11.9. The molecule has 12 nitrogen and oxygen atoms in total. The average molecular weight is 1690 g/mol. The summed E-state index contributed by atoms with van der Waals surface area (Å²) in [4.78, 5) is 0. The first-order valence-corrected chi connectivity index (χ1v) is 42.0. The van der Waals surface area contributed by atoms with Crippen molar-refractivity contribution < 1.29 is 59.8 Å². The first-order valence-electron chi connectivity index (χ1n) is 42.0. The number of benzene rings is 8. The third-order valence-corrected chi connectivity index (χ3v) is 18.7. The summed E-state index contributed by atoms with van der Waals surface area (Å²) >= 11 is 0. The Kier molecular flexibility index (Phi) is 62.2.